The lowest BCUT2D eigenvalue weighted by atomic mass is 10.2. The number of nitrogens with one attached hydrogen (secondary N) is 1. The van der Waals surface area contributed by atoms with Crippen LogP contribution in [-0.2, 0) is 11.2 Å². The molecule has 0 aliphatic rings. The van der Waals surface area contributed by atoms with E-state index >= 15 is 0 Å². The second kappa shape index (κ2) is 7.06. The Kier molecular flexibility index (Phi) is 4.68. The maximum Gasteiger partial charge on any atom is 0.225 e. The molecule has 3 rings (SSSR count). The molecule has 1 amide bonds. The fourth-order valence-corrected chi connectivity index (χ4v) is 2.83. The van der Waals surface area contributed by atoms with Crippen molar-refractivity contribution in [1.29, 1.82) is 5.26 Å². The molecule has 1 N–H and O–H groups in total. The van der Waals surface area contributed by atoms with Gasteiger partial charge in [0.25, 0.3) is 0 Å². The fraction of sp³-hybridized carbons (Fsp3) is 0.118. The van der Waals surface area contributed by atoms with E-state index in [0.29, 0.717) is 28.6 Å². The number of carbonyl (C=O) groups is 1. The first-order chi connectivity index (χ1) is 11.7. The molecule has 7 heteroatoms. The first kappa shape index (κ1) is 15.9. The van der Waals surface area contributed by atoms with Gasteiger partial charge in [0.2, 0.25) is 5.91 Å². The zero-order valence-electron chi connectivity index (χ0n) is 12.5. The average molecular weight is 341 g/mol. The zero-order valence-corrected chi connectivity index (χ0v) is 13.3. The molecule has 1 aromatic carbocycles. The molecule has 0 radical (unpaired) electrons. The Morgan fingerprint density at radius 2 is 2.12 bits per heavy atom. The lowest BCUT2D eigenvalue weighted by Crippen LogP contribution is -2.12. The van der Waals surface area contributed by atoms with Crippen LogP contribution in [0.5, 0.6) is 0 Å². The summed E-state index contributed by atoms with van der Waals surface area (Å²) in [6.45, 7) is 0. The van der Waals surface area contributed by atoms with Gasteiger partial charge in [-0.25, -0.2) is 9.37 Å². The number of oxazole rings is 1. The number of rotatable bonds is 5. The fourth-order valence-electron chi connectivity index (χ4n) is 2.08. The van der Waals surface area contributed by atoms with Crippen LogP contribution in [0.15, 0.2) is 46.3 Å². The highest BCUT2D eigenvalue weighted by Gasteiger charge is 2.11. The second-order valence-corrected chi connectivity index (χ2v) is 5.86. The molecule has 3 aromatic rings. The highest BCUT2D eigenvalue weighted by atomic mass is 32.1. The summed E-state index contributed by atoms with van der Waals surface area (Å²) >= 11 is 1.30. The normalized spacial score (nSPS) is 10.3. The molecule has 0 saturated heterocycles. The van der Waals surface area contributed by atoms with Crippen LogP contribution in [0.25, 0.3) is 11.3 Å². The van der Waals surface area contributed by atoms with E-state index < -0.39 is 0 Å². The predicted molar refractivity (Wildman–Crippen MR) is 87.9 cm³/mol. The van der Waals surface area contributed by atoms with Crippen LogP contribution < -0.4 is 5.32 Å². The van der Waals surface area contributed by atoms with Crippen LogP contribution in [0.1, 0.15) is 17.9 Å². The van der Waals surface area contributed by atoms with Gasteiger partial charge >= 0.3 is 0 Å². The molecular formula is C17H12FN3O2S. The zero-order chi connectivity index (χ0) is 16.9. The van der Waals surface area contributed by atoms with Crippen molar-refractivity contribution >= 4 is 22.2 Å². The first-order valence-corrected chi connectivity index (χ1v) is 8.02. The summed E-state index contributed by atoms with van der Waals surface area (Å²) in [5.41, 5.74) is 1.17. The third kappa shape index (κ3) is 3.67. The van der Waals surface area contributed by atoms with Gasteiger partial charge < -0.3 is 9.73 Å². The molecule has 0 bridgehead atoms. The average Bonchev–Trinajstić information content (AvgIpc) is 3.22. The first-order valence-electron chi connectivity index (χ1n) is 7.14. The summed E-state index contributed by atoms with van der Waals surface area (Å²) in [7, 11) is 0. The van der Waals surface area contributed by atoms with Crippen molar-refractivity contribution < 1.29 is 13.6 Å². The number of aromatic nitrogens is 1. The molecule has 0 unspecified atom stereocenters. The number of thiophene rings is 1. The van der Waals surface area contributed by atoms with Gasteiger partial charge in [0.1, 0.15) is 16.9 Å². The second-order valence-electron chi connectivity index (χ2n) is 4.95. The van der Waals surface area contributed by atoms with Gasteiger partial charge in [0, 0.05) is 18.4 Å². The molecule has 0 saturated carbocycles. The maximum atomic E-state index is 12.9. The third-order valence-electron chi connectivity index (χ3n) is 3.29. The van der Waals surface area contributed by atoms with E-state index in [1.54, 1.807) is 29.8 Å². The van der Waals surface area contributed by atoms with Crippen LogP contribution in [0.3, 0.4) is 0 Å². The van der Waals surface area contributed by atoms with Gasteiger partial charge in [-0.2, -0.15) is 5.26 Å². The minimum atomic E-state index is -0.319. The number of nitriles is 1. The van der Waals surface area contributed by atoms with Crippen molar-refractivity contribution in [3.63, 3.8) is 0 Å². The molecule has 0 aliphatic heterocycles. The van der Waals surface area contributed by atoms with Gasteiger partial charge in [-0.3, -0.25) is 4.79 Å². The minimum Gasteiger partial charge on any atom is -0.441 e. The number of amides is 1. The predicted octanol–water partition coefficient (Wildman–Crippen LogP) is 3.99. The number of hydrogen-bond acceptors (Lipinski definition) is 5. The van der Waals surface area contributed by atoms with Crippen molar-refractivity contribution in [2.45, 2.75) is 12.8 Å². The van der Waals surface area contributed by atoms with E-state index in [4.69, 9.17) is 9.68 Å². The number of anilines is 1. The molecule has 24 heavy (non-hydrogen) atoms. The van der Waals surface area contributed by atoms with Gasteiger partial charge in [-0.15, -0.1) is 11.3 Å². The monoisotopic (exact) mass is 341 g/mol. The Morgan fingerprint density at radius 1 is 1.33 bits per heavy atom. The standard InChI is InChI=1S/C17H12FN3O2S/c18-13-3-1-11(2-4-13)14-10-20-16(23-14)6-5-15(22)21-17-12(9-19)7-8-24-17/h1-4,7-8,10H,5-6H2,(H,21,22). The van der Waals surface area contributed by atoms with Crippen molar-refractivity contribution in [3.05, 3.63) is 59.2 Å². The minimum absolute atomic E-state index is 0.187. The van der Waals surface area contributed by atoms with Crippen LogP contribution in [0.4, 0.5) is 9.39 Å². The molecule has 5 nitrogen and oxygen atoms in total. The molecule has 0 spiro atoms. The summed E-state index contributed by atoms with van der Waals surface area (Å²) in [6, 6.07) is 9.57. The van der Waals surface area contributed by atoms with Gasteiger partial charge in [0.15, 0.2) is 11.7 Å². The Labute approximate surface area is 141 Å². The highest BCUT2D eigenvalue weighted by molar-refractivity contribution is 7.14. The Bertz CT molecular complexity index is 893. The highest BCUT2D eigenvalue weighted by Crippen LogP contribution is 2.23. The molecule has 0 aliphatic carbocycles. The lowest BCUT2D eigenvalue weighted by Gasteiger charge is -2.01. The van der Waals surface area contributed by atoms with E-state index in [-0.39, 0.29) is 18.1 Å². The lowest BCUT2D eigenvalue weighted by molar-refractivity contribution is -0.116. The van der Waals surface area contributed by atoms with Gasteiger partial charge in [0.05, 0.1) is 11.8 Å². The topological polar surface area (TPSA) is 78.9 Å². The van der Waals surface area contributed by atoms with E-state index in [0.717, 1.165) is 5.56 Å². The summed E-state index contributed by atoms with van der Waals surface area (Å²) in [4.78, 5) is 16.1. The van der Waals surface area contributed by atoms with Crippen LogP contribution in [0, 0.1) is 17.1 Å². The van der Waals surface area contributed by atoms with Crippen LogP contribution >= 0.6 is 11.3 Å². The third-order valence-corrected chi connectivity index (χ3v) is 4.12. The summed E-state index contributed by atoms with van der Waals surface area (Å²) in [5, 5.41) is 13.9. The maximum absolute atomic E-state index is 12.9. The Balaban J connectivity index is 1.58. The SMILES string of the molecule is N#Cc1ccsc1NC(=O)CCc1ncc(-c2ccc(F)cc2)o1. The number of carbonyl (C=O) groups excluding carboxylic acids is 1. The van der Waals surface area contributed by atoms with Crippen molar-refractivity contribution in [2.24, 2.45) is 0 Å². The number of aryl methyl sites for hydroxylation is 1. The van der Waals surface area contributed by atoms with Crippen molar-refractivity contribution in [1.82, 2.24) is 4.98 Å². The smallest absolute Gasteiger partial charge is 0.225 e. The Morgan fingerprint density at radius 3 is 2.88 bits per heavy atom. The summed E-state index contributed by atoms with van der Waals surface area (Å²) < 4.78 is 18.5. The van der Waals surface area contributed by atoms with E-state index in [1.165, 1.54) is 23.5 Å². The van der Waals surface area contributed by atoms with Gasteiger partial charge in [-0.05, 0) is 35.7 Å². The molecule has 2 aromatic heterocycles. The largest absolute Gasteiger partial charge is 0.441 e. The van der Waals surface area contributed by atoms with Gasteiger partial charge in [-0.1, -0.05) is 0 Å². The molecule has 2 heterocycles. The molecule has 120 valence electrons. The summed E-state index contributed by atoms with van der Waals surface area (Å²) in [5.74, 6) is 0.419. The van der Waals surface area contributed by atoms with E-state index in [1.807, 2.05) is 6.07 Å². The summed E-state index contributed by atoms with van der Waals surface area (Å²) in [6.07, 6.45) is 2.07. The molecule has 0 fully saturated rings. The van der Waals surface area contributed by atoms with E-state index in [9.17, 15) is 9.18 Å². The van der Waals surface area contributed by atoms with Crippen molar-refractivity contribution in [3.8, 4) is 17.4 Å². The quantitative estimate of drug-likeness (QED) is 0.761. The number of hydrogen-bond donors (Lipinski definition) is 1. The number of nitrogens with zero attached hydrogens (tertiary/aromatic N) is 2. The molecular weight excluding hydrogens is 329 g/mol. The van der Waals surface area contributed by atoms with Crippen LogP contribution in [-0.4, -0.2) is 10.9 Å². The number of halogens is 1. The van der Waals surface area contributed by atoms with Crippen molar-refractivity contribution in [2.75, 3.05) is 5.32 Å². The van der Waals surface area contributed by atoms with Crippen LogP contribution in [0.2, 0.25) is 0 Å². The number of benzene rings is 1. The van der Waals surface area contributed by atoms with E-state index in [2.05, 4.69) is 10.3 Å². The Hall–Kier alpha value is -2.98. The molecule has 0 atom stereocenters.